The summed E-state index contributed by atoms with van der Waals surface area (Å²) < 4.78 is 0. The summed E-state index contributed by atoms with van der Waals surface area (Å²) in [6, 6.07) is 9.62. The van der Waals surface area contributed by atoms with Gasteiger partial charge in [-0.15, -0.1) is 0 Å². The van der Waals surface area contributed by atoms with Crippen molar-refractivity contribution in [3.05, 3.63) is 35.4 Å². The molecule has 0 saturated carbocycles. The van der Waals surface area contributed by atoms with Gasteiger partial charge < -0.3 is 10.2 Å². The zero-order valence-electron chi connectivity index (χ0n) is 14.7. The third kappa shape index (κ3) is 6.62. The summed E-state index contributed by atoms with van der Waals surface area (Å²) in [5.74, 6) is 0.723. The smallest absolute Gasteiger partial charge is 0.0446 e. The third-order valence-corrected chi connectivity index (χ3v) is 3.89. The van der Waals surface area contributed by atoms with Crippen LogP contribution in [0, 0.1) is 5.92 Å². The Kier molecular flexibility index (Phi) is 8.63. The van der Waals surface area contributed by atoms with E-state index < -0.39 is 0 Å². The average Bonchev–Trinajstić information content (AvgIpc) is 2.45. The summed E-state index contributed by atoms with van der Waals surface area (Å²) in [5.41, 5.74) is 2.85. The fourth-order valence-corrected chi connectivity index (χ4v) is 2.91. The van der Waals surface area contributed by atoms with Gasteiger partial charge in [0.05, 0.1) is 0 Å². The van der Waals surface area contributed by atoms with Gasteiger partial charge in [0.25, 0.3) is 0 Å². The molecule has 1 unspecified atom stereocenters. The Morgan fingerprint density at radius 3 is 2.00 bits per heavy atom. The van der Waals surface area contributed by atoms with E-state index in [9.17, 15) is 0 Å². The number of nitrogens with zero attached hydrogens (tertiary/aromatic N) is 1. The number of hydrogen-bond acceptors (Lipinski definition) is 2. The van der Waals surface area contributed by atoms with E-state index in [1.807, 2.05) is 0 Å². The lowest BCUT2D eigenvalue weighted by molar-refractivity contribution is 0.247. The van der Waals surface area contributed by atoms with Crippen molar-refractivity contribution in [2.75, 3.05) is 26.7 Å². The van der Waals surface area contributed by atoms with Crippen molar-refractivity contribution in [3.8, 4) is 0 Å². The summed E-state index contributed by atoms with van der Waals surface area (Å²) in [7, 11) is 2.07. The van der Waals surface area contributed by atoms with E-state index >= 15 is 0 Å². The molecule has 0 aliphatic rings. The minimum atomic E-state index is 0.427. The molecule has 0 amide bonds. The number of likely N-dealkylation sites (N-methyl/N-ethyl adjacent to an activating group) is 1. The van der Waals surface area contributed by atoms with Gasteiger partial charge in [0.1, 0.15) is 0 Å². The average molecular weight is 290 g/mol. The number of rotatable bonds is 10. The van der Waals surface area contributed by atoms with Crippen molar-refractivity contribution in [2.45, 2.75) is 53.0 Å². The van der Waals surface area contributed by atoms with Crippen LogP contribution in [0.4, 0.5) is 0 Å². The van der Waals surface area contributed by atoms with Crippen LogP contribution in [0.1, 0.15) is 57.7 Å². The topological polar surface area (TPSA) is 15.3 Å². The Balaban J connectivity index is 2.69. The second-order valence-electron chi connectivity index (χ2n) is 6.48. The molecule has 2 heteroatoms. The van der Waals surface area contributed by atoms with Gasteiger partial charge in [-0.1, -0.05) is 52.0 Å². The molecule has 0 spiro atoms. The normalized spacial score (nSPS) is 13.1. The zero-order chi connectivity index (χ0) is 15.7. The molecular weight excluding hydrogens is 256 g/mol. The SMILES string of the molecule is CCCN(CCC)CC(NC)c1ccc(CC(C)C)cc1. The van der Waals surface area contributed by atoms with Crippen molar-refractivity contribution in [1.29, 1.82) is 0 Å². The zero-order valence-corrected chi connectivity index (χ0v) is 14.7. The summed E-state index contributed by atoms with van der Waals surface area (Å²) in [5, 5.41) is 3.48. The van der Waals surface area contributed by atoms with Crippen LogP contribution in [-0.2, 0) is 6.42 Å². The van der Waals surface area contributed by atoms with E-state index in [-0.39, 0.29) is 0 Å². The van der Waals surface area contributed by atoms with Gasteiger partial charge in [0.15, 0.2) is 0 Å². The predicted octanol–water partition coefficient (Wildman–Crippen LogP) is 4.27. The van der Waals surface area contributed by atoms with Crippen molar-refractivity contribution >= 4 is 0 Å². The molecule has 1 aromatic carbocycles. The maximum atomic E-state index is 3.48. The van der Waals surface area contributed by atoms with E-state index in [2.05, 4.69) is 69.2 Å². The van der Waals surface area contributed by atoms with E-state index in [1.165, 1.54) is 43.5 Å². The van der Waals surface area contributed by atoms with Gasteiger partial charge in [0, 0.05) is 12.6 Å². The molecule has 1 rings (SSSR count). The quantitative estimate of drug-likeness (QED) is 0.692. The first kappa shape index (κ1) is 18.2. The van der Waals surface area contributed by atoms with Gasteiger partial charge in [-0.05, 0) is 56.4 Å². The number of benzene rings is 1. The lowest BCUT2D eigenvalue weighted by Crippen LogP contribution is -2.35. The first-order valence-electron chi connectivity index (χ1n) is 8.59. The lowest BCUT2D eigenvalue weighted by atomic mass is 9.99. The van der Waals surface area contributed by atoms with E-state index in [0.717, 1.165) is 12.5 Å². The molecule has 0 bridgehead atoms. The first-order valence-corrected chi connectivity index (χ1v) is 8.59. The molecule has 0 fully saturated rings. The maximum absolute atomic E-state index is 3.48. The molecule has 21 heavy (non-hydrogen) atoms. The van der Waals surface area contributed by atoms with Gasteiger partial charge in [-0.2, -0.15) is 0 Å². The largest absolute Gasteiger partial charge is 0.312 e. The molecule has 1 aromatic rings. The molecule has 0 saturated heterocycles. The van der Waals surface area contributed by atoms with Crippen LogP contribution in [0.2, 0.25) is 0 Å². The molecule has 0 aliphatic heterocycles. The monoisotopic (exact) mass is 290 g/mol. The van der Waals surface area contributed by atoms with Crippen molar-refractivity contribution in [1.82, 2.24) is 10.2 Å². The van der Waals surface area contributed by atoms with Crippen LogP contribution in [-0.4, -0.2) is 31.6 Å². The van der Waals surface area contributed by atoms with Crippen LogP contribution < -0.4 is 5.32 Å². The van der Waals surface area contributed by atoms with Gasteiger partial charge in [0.2, 0.25) is 0 Å². The molecule has 1 N–H and O–H groups in total. The van der Waals surface area contributed by atoms with Gasteiger partial charge >= 0.3 is 0 Å². The number of nitrogens with one attached hydrogen (secondary N) is 1. The summed E-state index contributed by atoms with van der Waals surface area (Å²) in [6.07, 6.45) is 3.62. The van der Waals surface area contributed by atoms with Crippen molar-refractivity contribution < 1.29 is 0 Å². The van der Waals surface area contributed by atoms with E-state index in [1.54, 1.807) is 0 Å². The molecule has 1 atom stereocenters. The lowest BCUT2D eigenvalue weighted by Gasteiger charge is -2.27. The Hall–Kier alpha value is -0.860. The Morgan fingerprint density at radius 1 is 1.00 bits per heavy atom. The van der Waals surface area contributed by atoms with E-state index in [4.69, 9.17) is 0 Å². The molecule has 0 aliphatic carbocycles. The van der Waals surface area contributed by atoms with Gasteiger partial charge in [-0.3, -0.25) is 0 Å². The summed E-state index contributed by atoms with van der Waals surface area (Å²) in [4.78, 5) is 2.57. The highest BCUT2D eigenvalue weighted by atomic mass is 15.1. The van der Waals surface area contributed by atoms with Crippen molar-refractivity contribution in [2.24, 2.45) is 5.92 Å². The number of hydrogen-bond donors (Lipinski definition) is 1. The molecule has 0 aromatic heterocycles. The highest BCUT2D eigenvalue weighted by molar-refractivity contribution is 5.25. The third-order valence-electron chi connectivity index (χ3n) is 3.89. The summed E-state index contributed by atoms with van der Waals surface area (Å²) >= 11 is 0. The Morgan fingerprint density at radius 2 is 1.57 bits per heavy atom. The maximum Gasteiger partial charge on any atom is 0.0446 e. The second-order valence-corrected chi connectivity index (χ2v) is 6.48. The first-order chi connectivity index (χ1) is 10.1. The molecule has 0 radical (unpaired) electrons. The van der Waals surface area contributed by atoms with Crippen LogP contribution >= 0.6 is 0 Å². The van der Waals surface area contributed by atoms with Crippen LogP contribution in [0.25, 0.3) is 0 Å². The highest BCUT2D eigenvalue weighted by Crippen LogP contribution is 2.17. The van der Waals surface area contributed by atoms with Crippen LogP contribution in [0.15, 0.2) is 24.3 Å². The molecule has 2 nitrogen and oxygen atoms in total. The minimum absolute atomic E-state index is 0.427. The second kappa shape index (κ2) is 9.97. The van der Waals surface area contributed by atoms with E-state index in [0.29, 0.717) is 6.04 Å². The Labute approximate surface area is 131 Å². The molecule has 120 valence electrons. The predicted molar refractivity (Wildman–Crippen MR) is 93.8 cm³/mol. The molecule has 0 heterocycles. The van der Waals surface area contributed by atoms with Gasteiger partial charge in [-0.25, -0.2) is 0 Å². The van der Waals surface area contributed by atoms with Crippen LogP contribution in [0.5, 0.6) is 0 Å². The van der Waals surface area contributed by atoms with Crippen LogP contribution in [0.3, 0.4) is 0 Å². The highest BCUT2D eigenvalue weighted by Gasteiger charge is 2.13. The minimum Gasteiger partial charge on any atom is -0.312 e. The van der Waals surface area contributed by atoms with Crippen molar-refractivity contribution in [3.63, 3.8) is 0 Å². The molecular formula is C19H34N2. The fourth-order valence-electron chi connectivity index (χ4n) is 2.91. The fraction of sp³-hybridized carbons (Fsp3) is 0.684. The summed E-state index contributed by atoms with van der Waals surface area (Å²) in [6.45, 7) is 12.6. The Bertz CT molecular complexity index is 364. The standard InChI is InChI=1S/C19H34N2/c1-6-12-21(13-7-2)15-19(20-5)18-10-8-17(9-11-18)14-16(3)4/h8-11,16,19-20H,6-7,12-15H2,1-5H3.